The van der Waals surface area contributed by atoms with Crippen LogP contribution in [0, 0.1) is 0 Å². The van der Waals surface area contributed by atoms with Crippen LogP contribution >= 0.6 is 0 Å². The van der Waals surface area contributed by atoms with E-state index in [1.807, 2.05) is 0 Å². The molecule has 59 heavy (non-hydrogen) atoms. The molecule has 0 amide bonds. The highest BCUT2D eigenvalue weighted by Crippen LogP contribution is 2.26. The summed E-state index contributed by atoms with van der Waals surface area (Å²) < 4.78 is 33.2. The first-order valence-corrected chi connectivity index (χ1v) is 23.1. The van der Waals surface area contributed by atoms with Crippen LogP contribution in [0.25, 0.3) is 0 Å². The Bertz CT molecular complexity index is 1050. The van der Waals surface area contributed by atoms with E-state index in [4.69, 9.17) is 28.4 Å². The third-order valence-electron chi connectivity index (χ3n) is 11.3. The minimum atomic E-state index is -1.76. The van der Waals surface area contributed by atoms with E-state index in [9.17, 15) is 45.3 Å². The smallest absolute Gasteiger partial charge is 0.306 e. The number of unbranched alkanes of at least 4 members (excludes halogenated alkanes) is 21. The van der Waals surface area contributed by atoms with Gasteiger partial charge in [0.05, 0.1) is 19.8 Å². The van der Waals surface area contributed by atoms with Gasteiger partial charge in [0.2, 0.25) is 0 Å². The summed E-state index contributed by atoms with van der Waals surface area (Å²) in [6, 6.07) is 0. The number of carbonyl (C=O) groups is 2. The molecule has 348 valence electrons. The number of hydrogen-bond acceptors (Lipinski definition) is 15. The monoisotopic (exact) mass is 851 g/mol. The van der Waals surface area contributed by atoms with Crippen molar-refractivity contribution < 1.29 is 73.8 Å². The van der Waals surface area contributed by atoms with Crippen LogP contribution in [0.4, 0.5) is 0 Å². The fraction of sp³-hybridized carbons (Fsp3) is 0.955. The molecule has 2 heterocycles. The Balaban J connectivity index is 1.74. The Kier molecular flexibility index (Phi) is 30.1. The molecule has 0 spiro atoms. The number of aliphatic hydroxyl groups excluding tert-OH is 7. The molecule has 0 aromatic rings. The molecule has 15 nitrogen and oxygen atoms in total. The minimum absolute atomic E-state index is 0.172. The average molecular weight is 851 g/mol. The number of carbonyl (C=O) groups excluding carboxylic acids is 2. The van der Waals surface area contributed by atoms with Crippen LogP contribution in [0.1, 0.15) is 174 Å². The van der Waals surface area contributed by atoms with Crippen molar-refractivity contribution in [3.8, 4) is 0 Å². The van der Waals surface area contributed by atoms with Gasteiger partial charge in [-0.1, -0.05) is 149 Å². The maximum absolute atomic E-state index is 12.9. The molecule has 15 heteroatoms. The lowest BCUT2D eigenvalue weighted by Gasteiger charge is -2.42. The van der Waals surface area contributed by atoms with Crippen molar-refractivity contribution in [2.75, 3.05) is 26.4 Å². The van der Waals surface area contributed by atoms with E-state index < -0.39 is 92.7 Å². The Morgan fingerprint density at radius 2 is 0.864 bits per heavy atom. The van der Waals surface area contributed by atoms with Gasteiger partial charge in [0, 0.05) is 12.8 Å². The molecular formula is C44H82O15. The van der Waals surface area contributed by atoms with Gasteiger partial charge in [0.25, 0.3) is 0 Å². The molecule has 2 aliphatic rings. The van der Waals surface area contributed by atoms with Crippen molar-refractivity contribution >= 4 is 11.9 Å². The molecule has 2 aliphatic heterocycles. The Labute approximate surface area is 353 Å². The summed E-state index contributed by atoms with van der Waals surface area (Å²) in [7, 11) is 0. The van der Waals surface area contributed by atoms with E-state index in [1.165, 1.54) is 96.3 Å². The molecule has 11 atom stereocenters. The SMILES string of the molecule is CCCCCCCCCCCCCCCCCCCCCC(=O)OC(COC(=O)CCCCCC)COC1OC(COC2OC(CO)C(O)C(O)C2O)C(O)C(O)C1O. The average Bonchev–Trinajstić information content (AvgIpc) is 3.23. The fourth-order valence-electron chi connectivity index (χ4n) is 7.45. The summed E-state index contributed by atoms with van der Waals surface area (Å²) >= 11 is 0. The van der Waals surface area contributed by atoms with E-state index >= 15 is 0 Å². The number of ether oxygens (including phenoxy) is 6. The van der Waals surface area contributed by atoms with E-state index in [0.717, 1.165) is 38.5 Å². The molecular weight excluding hydrogens is 768 g/mol. The zero-order valence-electron chi connectivity index (χ0n) is 36.3. The normalized spacial score (nSPS) is 27.7. The summed E-state index contributed by atoms with van der Waals surface area (Å²) in [6.07, 6.45) is 10.8. The predicted octanol–water partition coefficient (Wildman–Crippen LogP) is 4.87. The van der Waals surface area contributed by atoms with Crippen LogP contribution < -0.4 is 0 Å². The number of hydrogen-bond donors (Lipinski definition) is 7. The van der Waals surface area contributed by atoms with Gasteiger partial charge in [-0.05, 0) is 12.8 Å². The van der Waals surface area contributed by atoms with Crippen molar-refractivity contribution in [1.82, 2.24) is 0 Å². The van der Waals surface area contributed by atoms with Crippen LogP contribution in [0.3, 0.4) is 0 Å². The molecule has 0 radical (unpaired) electrons. The highest BCUT2D eigenvalue weighted by Gasteiger charge is 2.47. The lowest BCUT2D eigenvalue weighted by atomic mass is 9.98. The maximum Gasteiger partial charge on any atom is 0.306 e. The number of esters is 2. The van der Waals surface area contributed by atoms with E-state index in [0.29, 0.717) is 12.8 Å². The third-order valence-corrected chi connectivity index (χ3v) is 11.3. The van der Waals surface area contributed by atoms with Crippen molar-refractivity contribution in [2.24, 2.45) is 0 Å². The van der Waals surface area contributed by atoms with Gasteiger partial charge < -0.3 is 64.2 Å². The van der Waals surface area contributed by atoms with Gasteiger partial charge in [0.1, 0.15) is 55.4 Å². The van der Waals surface area contributed by atoms with E-state index in [-0.39, 0.29) is 26.1 Å². The molecule has 0 aromatic carbocycles. The molecule has 2 rings (SSSR count). The molecule has 7 N–H and O–H groups in total. The second kappa shape index (κ2) is 33.1. The summed E-state index contributed by atoms with van der Waals surface area (Å²) in [6.45, 7) is 2.46. The van der Waals surface area contributed by atoms with Crippen LogP contribution in [0.5, 0.6) is 0 Å². The largest absolute Gasteiger partial charge is 0.462 e. The van der Waals surface area contributed by atoms with Gasteiger partial charge in [-0.15, -0.1) is 0 Å². The van der Waals surface area contributed by atoms with Crippen LogP contribution in [0.15, 0.2) is 0 Å². The van der Waals surface area contributed by atoms with Crippen molar-refractivity contribution in [1.29, 1.82) is 0 Å². The predicted molar refractivity (Wildman–Crippen MR) is 220 cm³/mol. The fourth-order valence-corrected chi connectivity index (χ4v) is 7.45. The Hall–Kier alpha value is -1.50. The lowest BCUT2D eigenvalue weighted by Crippen LogP contribution is -2.61. The first-order chi connectivity index (χ1) is 28.5. The molecule has 0 saturated carbocycles. The molecule has 2 saturated heterocycles. The zero-order chi connectivity index (χ0) is 43.3. The second-order valence-electron chi connectivity index (χ2n) is 16.6. The second-order valence-corrected chi connectivity index (χ2v) is 16.6. The standard InChI is InChI=1S/C44H82O15/c1-3-5-7-9-10-11-12-13-14-15-16-17-18-19-20-21-22-23-25-27-36(47)57-32(29-54-35(46)26-24-8-6-4-2)30-55-43-42(53)40(51)38(49)34(59-43)31-56-44-41(52)39(50)37(48)33(28-45)58-44/h32-34,37-45,48-53H,3-31H2,1-2H3. The first kappa shape index (κ1) is 53.6. The summed E-state index contributed by atoms with van der Waals surface area (Å²) in [5.74, 6) is -0.935. The van der Waals surface area contributed by atoms with E-state index in [1.54, 1.807) is 0 Å². The summed E-state index contributed by atoms with van der Waals surface area (Å²) in [4.78, 5) is 25.3. The van der Waals surface area contributed by atoms with Gasteiger partial charge in [-0.2, -0.15) is 0 Å². The molecule has 0 aromatic heterocycles. The third kappa shape index (κ3) is 22.4. The molecule has 0 bridgehead atoms. The van der Waals surface area contributed by atoms with E-state index in [2.05, 4.69) is 13.8 Å². The lowest BCUT2D eigenvalue weighted by molar-refractivity contribution is -0.332. The number of rotatable bonds is 35. The van der Waals surface area contributed by atoms with Crippen LogP contribution in [-0.2, 0) is 38.0 Å². The first-order valence-electron chi connectivity index (χ1n) is 23.1. The van der Waals surface area contributed by atoms with Gasteiger partial charge >= 0.3 is 11.9 Å². The highest BCUT2D eigenvalue weighted by atomic mass is 16.7. The van der Waals surface area contributed by atoms with Crippen LogP contribution in [-0.4, -0.2) is 142 Å². The van der Waals surface area contributed by atoms with Gasteiger partial charge in [0.15, 0.2) is 18.7 Å². The van der Waals surface area contributed by atoms with Crippen molar-refractivity contribution in [3.63, 3.8) is 0 Å². The quantitative estimate of drug-likeness (QED) is 0.0333. The molecule has 0 aliphatic carbocycles. The highest BCUT2D eigenvalue weighted by molar-refractivity contribution is 5.70. The number of aliphatic hydroxyl groups is 7. The molecule has 2 fully saturated rings. The van der Waals surface area contributed by atoms with Crippen LogP contribution in [0.2, 0.25) is 0 Å². The maximum atomic E-state index is 12.9. The zero-order valence-corrected chi connectivity index (χ0v) is 36.3. The van der Waals surface area contributed by atoms with Crippen molar-refractivity contribution in [2.45, 2.75) is 242 Å². The Morgan fingerprint density at radius 3 is 1.34 bits per heavy atom. The minimum Gasteiger partial charge on any atom is -0.462 e. The summed E-state index contributed by atoms with van der Waals surface area (Å²) in [5, 5.41) is 71.6. The van der Waals surface area contributed by atoms with Gasteiger partial charge in [-0.25, -0.2) is 0 Å². The topological polar surface area (TPSA) is 231 Å². The van der Waals surface area contributed by atoms with Crippen molar-refractivity contribution in [3.05, 3.63) is 0 Å². The van der Waals surface area contributed by atoms with Gasteiger partial charge in [-0.3, -0.25) is 9.59 Å². The summed E-state index contributed by atoms with van der Waals surface area (Å²) in [5.41, 5.74) is 0. The molecule has 11 unspecified atom stereocenters. The Morgan fingerprint density at radius 1 is 0.475 bits per heavy atom.